The Hall–Kier alpha value is -5.07. The molecule has 0 radical (unpaired) electrons. The fourth-order valence-electron chi connectivity index (χ4n) is 7.60. The highest BCUT2D eigenvalue weighted by molar-refractivity contribution is 6.33. The van der Waals surface area contributed by atoms with Gasteiger partial charge in [-0.2, -0.15) is 0 Å². The Morgan fingerprint density at radius 3 is 2.24 bits per heavy atom. The van der Waals surface area contributed by atoms with Gasteiger partial charge >= 0.3 is 6.09 Å². The Kier molecular flexibility index (Phi) is 10.3. The van der Waals surface area contributed by atoms with Crippen molar-refractivity contribution in [3.05, 3.63) is 84.3 Å². The molecule has 7 rings (SSSR count). The van der Waals surface area contributed by atoms with Crippen molar-refractivity contribution in [1.82, 2.24) is 24.8 Å². The standard InChI is InChI=1S/C41H46ClN7O5/c1-39(2,3)54-38(52)48-19-15-41(53,16-20-48)24-34(50)47-17-12-40(13-18-47)14-21-49(36(40)51)32-23-31(25-43-26-32)45-37-44-27-33(42)35(46-37)30-11-7-10-29(22-30)28-8-5-4-6-9-28/h4-11,22-23,25-27,53H,12-21,24H2,1-3H3,(H,44,45,46). The van der Waals surface area contributed by atoms with E-state index in [4.69, 9.17) is 21.3 Å². The summed E-state index contributed by atoms with van der Waals surface area (Å²) in [7, 11) is 0. The molecule has 2 N–H and O–H groups in total. The number of piperidine rings is 2. The summed E-state index contributed by atoms with van der Waals surface area (Å²) in [4.78, 5) is 58.5. The van der Waals surface area contributed by atoms with Crippen molar-refractivity contribution in [2.24, 2.45) is 5.41 Å². The van der Waals surface area contributed by atoms with Crippen LogP contribution in [0.15, 0.2) is 79.3 Å². The second-order valence-corrected chi connectivity index (χ2v) is 16.0. The number of nitrogens with zero attached hydrogens (tertiary/aromatic N) is 6. The maximum absolute atomic E-state index is 14.0. The molecular weight excluding hydrogens is 706 g/mol. The molecule has 5 heterocycles. The minimum atomic E-state index is -1.18. The highest BCUT2D eigenvalue weighted by atomic mass is 35.5. The summed E-state index contributed by atoms with van der Waals surface area (Å²) < 4.78 is 5.46. The maximum atomic E-state index is 14.0. The van der Waals surface area contributed by atoms with E-state index in [-0.39, 0.29) is 18.2 Å². The molecule has 0 aliphatic carbocycles. The maximum Gasteiger partial charge on any atom is 0.410 e. The number of amides is 3. The predicted molar refractivity (Wildman–Crippen MR) is 207 cm³/mol. The zero-order valence-electron chi connectivity index (χ0n) is 30.9. The first-order valence-electron chi connectivity index (χ1n) is 18.5. The summed E-state index contributed by atoms with van der Waals surface area (Å²) >= 11 is 6.58. The SMILES string of the molecule is CC(C)(C)OC(=O)N1CCC(O)(CC(=O)N2CCC3(CC2)CCN(c2cncc(Nc4ncc(Cl)c(-c5cccc(-c6ccccc6)c5)n4)c2)C3=O)CC1. The minimum Gasteiger partial charge on any atom is -0.444 e. The molecule has 3 aliphatic rings. The van der Waals surface area contributed by atoms with E-state index in [1.54, 1.807) is 33.3 Å². The Bertz CT molecular complexity index is 2020. The Morgan fingerprint density at radius 2 is 1.52 bits per heavy atom. The summed E-state index contributed by atoms with van der Waals surface area (Å²) in [5, 5.41) is 14.9. The Morgan fingerprint density at radius 1 is 0.852 bits per heavy atom. The number of nitrogens with one attached hydrogen (secondary N) is 1. The van der Waals surface area contributed by atoms with Gasteiger partial charge in [0.15, 0.2) is 0 Å². The zero-order chi connectivity index (χ0) is 38.1. The van der Waals surface area contributed by atoms with Gasteiger partial charge in [-0.1, -0.05) is 60.1 Å². The van der Waals surface area contributed by atoms with Gasteiger partial charge in [0.25, 0.3) is 0 Å². The molecule has 0 atom stereocenters. The van der Waals surface area contributed by atoms with Gasteiger partial charge in [-0.25, -0.2) is 14.8 Å². The van der Waals surface area contributed by atoms with E-state index < -0.39 is 22.7 Å². The molecule has 2 aromatic heterocycles. The lowest BCUT2D eigenvalue weighted by atomic mass is 9.76. The number of aromatic nitrogens is 3. The number of likely N-dealkylation sites (tertiary alicyclic amines) is 2. The van der Waals surface area contributed by atoms with Crippen molar-refractivity contribution in [1.29, 1.82) is 0 Å². The average Bonchev–Trinajstić information content (AvgIpc) is 3.47. The normalized spacial score (nSPS) is 18.2. The van der Waals surface area contributed by atoms with Crippen LogP contribution in [0.4, 0.5) is 22.1 Å². The number of benzene rings is 2. The van der Waals surface area contributed by atoms with Crippen LogP contribution in [0.3, 0.4) is 0 Å². The third-order valence-corrected chi connectivity index (χ3v) is 11.0. The molecule has 3 saturated heterocycles. The van der Waals surface area contributed by atoms with Gasteiger partial charge in [0.2, 0.25) is 17.8 Å². The molecule has 282 valence electrons. The van der Waals surface area contributed by atoms with Gasteiger partial charge in [-0.3, -0.25) is 14.6 Å². The van der Waals surface area contributed by atoms with Crippen LogP contribution in [-0.2, 0) is 14.3 Å². The first kappa shape index (κ1) is 37.3. The van der Waals surface area contributed by atoms with Crippen molar-refractivity contribution < 1.29 is 24.2 Å². The highest BCUT2D eigenvalue weighted by Crippen LogP contribution is 2.44. The number of hydrogen-bond acceptors (Lipinski definition) is 9. The first-order valence-corrected chi connectivity index (χ1v) is 18.9. The van der Waals surface area contributed by atoms with Crippen molar-refractivity contribution in [2.45, 2.75) is 70.5 Å². The quantitative estimate of drug-likeness (QED) is 0.202. The predicted octanol–water partition coefficient (Wildman–Crippen LogP) is 7.10. The number of carbonyl (C=O) groups excluding carboxylic acids is 3. The first-order chi connectivity index (χ1) is 25.8. The average molecular weight is 752 g/mol. The van der Waals surface area contributed by atoms with Crippen LogP contribution in [0.25, 0.3) is 22.4 Å². The van der Waals surface area contributed by atoms with Crippen molar-refractivity contribution in [2.75, 3.05) is 42.9 Å². The number of halogens is 1. The van der Waals surface area contributed by atoms with Crippen molar-refractivity contribution in [3.8, 4) is 22.4 Å². The van der Waals surface area contributed by atoms with Crippen LogP contribution in [0, 0.1) is 5.41 Å². The zero-order valence-corrected chi connectivity index (χ0v) is 31.7. The molecule has 1 spiro atoms. The Balaban J connectivity index is 0.954. The molecule has 4 aromatic rings. The molecule has 12 nitrogen and oxygen atoms in total. The van der Waals surface area contributed by atoms with Gasteiger partial charge in [0.05, 0.1) is 58.1 Å². The number of hydrogen-bond donors (Lipinski definition) is 2. The number of rotatable bonds is 7. The van der Waals surface area contributed by atoms with E-state index in [1.807, 2.05) is 69.3 Å². The summed E-state index contributed by atoms with van der Waals surface area (Å²) in [6, 6.07) is 20.0. The summed E-state index contributed by atoms with van der Waals surface area (Å²) in [6.07, 6.45) is 6.89. The van der Waals surface area contributed by atoms with Gasteiger partial charge in [-0.15, -0.1) is 0 Å². The Labute approximate surface area is 320 Å². The molecule has 0 bridgehead atoms. The second kappa shape index (κ2) is 15.0. The lowest BCUT2D eigenvalue weighted by molar-refractivity contribution is -0.143. The molecule has 0 unspecified atom stereocenters. The fourth-order valence-corrected chi connectivity index (χ4v) is 7.80. The largest absolute Gasteiger partial charge is 0.444 e. The topological polar surface area (TPSA) is 141 Å². The molecular formula is C41H46ClN7O5. The lowest BCUT2D eigenvalue weighted by Gasteiger charge is -2.41. The molecule has 13 heteroatoms. The second-order valence-electron chi connectivity index (χ2n) is 15.6. The van der Waals surface area contributed by atoms with Crippen LogP contribution in [0.1, 0.15) is 59.3 Å². The summed E-state index contributed by atoms with van der Waals surface area (Å²) in [5.41, 5.74) is 2.55. The van der Waals surface area contributed by atoms with Crippen LogP contribution < -0.4 is 10.2 Å². The fraction of sp³-hybridized carbons (Fsp3) is 0.415. The van der Waals surface area contributed by atoms with Gasteiger partial charge < -0.3 is 29.9 Å². The van der Waals surface area contributed by atoms with Gasteiger partial charge in [0.1, 0.15) is 5.60 Å². The molecule has 3 amide bonds. The monoisotopic (exact) mass is 751 g/mol. The van der Waals surface area contributed by atoms with Crippen LogP contribution >= 0.6 is 11.6 Å². The third-order valence-electron chi connectivity index (χ3n) is 10.7. The molecule has 2 aromatic carbocycles. The van der Waals surface area contributed by atoms with Crippen LogP contribution in [-0.4, -0.2) is 91.7 Å². The number of anilines is 3. The number of ether oxygens (including phenoxy) is 1. The minimum absolute atomic E-state index is 0.00735. The number of carbonyl (C=O) groups is 3. The summed E-state index contributed by atoms with van der Waals surface area (Å²) in [6.45, 7) is 7.55. The molecule has 3 aliphatic heterocycles. The van der Waals surface area contributed by atoms with E-state index in [2.05, 4.69) is 27.4 Å². The van der Waals surface area contributed by atoms with E-state index >= 15 is 0 Å². The van der Waals surface area contributed by atoms with Crippen molar-refractivity contribution >= 4 is 46.8 Å². The van der Waals surface area contributed by atoms with E-state index in [0.717, 1.165) is 16.7 Å². The number of pyridine rings is 1. The van der Waals surface area contributed by atoms with Crippen molar-refractivity contribution in [3.63, 3.8) is 0 Å². The van der Waals surface area contributed by atoms with E-state index in [0.29, 0.717) is 92.9 Å². The van der Waals surface area contributed by atoms with Crippen LogP contribution in [0.5, 0.6) is 0 Å². The van der Waals surface area contributed by atoms with Gasteiger partial charge in [-0.05, 0) is 76.1 Å². The van der Waals surface area contributed by atoms with Crippen LogP contribution in [0.2, 0.25) is 5.02 Å². The number of aliphatic hydroxyl groups is 1. The third kappa shape index (κ3) is 8.19. The lowest BCUT2D eigenvalue weighted by Crippen LogP contribution is -2.51. The molecule has 3 fully saturated rings. The van der Waals surface area contributed by atoms with Gasteiger partial charge in [0, 0.05) is 38.3 Å². The highest BCUT2D eigenvalue weighted by Gasteiger charge is 2.49. The molecule has 54 heavy (non-hydrogen) atoms. The molecule has 0 saturated carbocycles. The van der Waals surface area contributed by atoms with E-state index in [9.17, 15) is 19.5 Å². The smallest absolute Gasteiger partial charge is 0.410 e. The summed E-state index contributed by atoms with van der Waals surface area (Å²) in [5.74, 6) is 0.253. The van der Waals surface area contributed by atoms with E-state index in [1.165, 1.54) is 0 Å².